The van der Waals surface area contributed by atoms with Crippen molar-refractivity contribution in [2.75, 3.05) is 5.88 Å². The second-order valence-corrected chi connectivity index (χ2v) is 7.35. The van der Waals surface area contributed by atoms with Crippen LogP contribution in [0.3, 0.4) is 0 Å². The smallest absolute Gasteiger partial charge is 0.321 e. The molecule has 6 heteroatoms. The molecule has 0 radical (unpaired) electrons. The van der Waals surface area contributed by atoms with Gasteiger partial charge in [-0.05, 0) is 24.1 Å². The molecule has 1 aromatic heterocycles. The Bertz CT molecular complexity index is 857. The highest BCUT2D eigenvalue weighted by atomic mass is 35.5. The summed E-state index contributed by atoms with van der Waals surface area (Å²) in [5.41, 5.74) is 2.16. The summed E-state index contributed by atoms with van der Waals surface area (Å²) in [6, 6.07) is 21.8. The van der Waals surface area contributed by atoms with Crippen LogP contribution < -0.4 is 0 Å². The van der Waals surface area contributed by atoms with E-state index in [1.807, 2.05) is 91.5 Å². The van der Waals surface area contributed by atoms with Gasteiger partial charge in [0.15, 0.2) is 0 Å². The Morgan fingerprint density at radius 1 is 1.07 bits per heavy atom. The third-order valence-electron chi connectivity index (χ3n) is 4.85. The van der Waals surface area contributed by atoms with E-state index in [1.54, 1.807) is 0 Å². The Hall–Kier alpha value is -2.63. The van der Waals surface area contributed by atoms with Gasteiger partial charge in [0.2, 0.25) is 0 Å². The van der Waals surface area contributed by atoms with Crippen molar-refractivity contribution in [1.82, 2.24) is 9.78 Å². The minimum absolute atomic E-state index is 0. The van der Waals surface area contributed by atoms with E-state index in [0.29, 0.717) is 13.0 Å². The van der Waals surface area contributed by atoms with E-state index in [0.717, 1.165) is 22.7 Å². The summed E-state index contributed by atoms with van der Waals surface area (Å²) >= 11 is 5.00. The number of carbonyl (C=O) groups is 1. The Labute approximate surface area is 176 Å². The van der Waals surface area contributed by atoms with Crippen LogP contribution in [0.25, 0.3) is 0 Å². The van der Waals surface area contributed by atoms with Crippen LogP contribution in [-0.2, 0) is 21.5 Å². The number of alkyl halides is 1. The molecule has 0 saturated carbocycles. The lowest BCUT2D eigenvalue weighted by Gasteiger charge is -2.26. The molecular formula is C23H27ClN2O3. The minimum Gasteiger partial charge on any atom is -0.459 e. The van der Waals surface area contributed by atoms with Crippen LogP contribution in [-0.4, -0.2) is 33.2 Å². The summed E-state index contributed by atoms with van der Waals surface area (Å²) in [6.07, 6.45) is 2.33. The minimum atomic E-state index is -0.755. The number of aryl methyl sites for hydroxylation is 1. The first kappa shape index (κ1) is 22.7. The van der Waals surface area contributed by atoms with E-state index >= 15 is 0 Å². The van der Waals surface area contributed by atoms with Crippen molar-refractivity contribution >= 4 is 17.6 Å². The number of hydrogen-bond acceptors (Lipinski definition) is 3. The fourth-order valence-electron chi connectivity index (χ4n) is 3.68. The van der Waals surface area contributed by atoms with Crippen LogP contribution in [0.4, 0.5) is 0 Å². The van der Waals surface area contributed by atoms with E-state index in [-0.39, 0.29) is 17.5 Å². The molecule has 1 fully saturated rings. The highest BCUT2D eigenvalue weighted by Crippen LogP contribution is 2.43. The number of carbonyl (C=O) groups excluding carboxylic acids is 1. The van der Waals surface area contributed by atoms with Crippen LogP contribution in [0, 0.1) is 6.92 Å². The Morgan fingerprint density at radius 3 is 2.03 bits per heavy atom. The van der Waals surface area contributed by atoms with Gasteiger partial charge in [-0.2, -0.15) is 5.10 Å². The van der Waals surface area contributed by atoms with E-state index in [2.05, 4.69) is 5.10 Å². The number of aromatic nitrogens is 2. The van der Waals surface area contributed by atoms with Gasteiger partial charge in [0.1, 0.15) is 11.5 Å². The van der Waals surface area contributed by atoms with E-state index in [1.165, 1.54) is 0 Å². The van der Waals surface area contributed by atoms with Gasteiger partial charge in [0.05, 0.1) is 12.2 Å². The maximum Gasteiger partial charge on any atom is 0.321 e. The molecule has 1 aliphatic rings. The molecule has 154 valence electrons. The standard InChI is InChI=1S/C21H20N2O2.C2H5Cl.H2O/c1-16-12-13-23(22-16)15-19-14-21(20(24)25-19,17-8-4-2-5-9-17)18-10-6-3-7-11-18;1-2-3;/h2-13,19H,14-15H2,1H3;2H2,1H3;1H2. The fourth-order valence-corrected chi connectivity index (χ4v) is 3.68. The topological polar surface area (TPSA) is 75.6 Å². The molecule has 0 aliphatic carbocycles. The normalized spacial score (nSPS) is 16.9. The van der Waals surface area contributed by atoms with Crippen molar-refractivity contribution in [2.45, 2.75) is 38.3 Å². The zero-order valence-corrected chi connectivity index (χ0v) is 17.5. The number of esters is 1. The third kappa shape index (κ3) is 4.86. The molecular weight excluding hydrogens is 388 g/mol. The van der Waals surface area contributed by atoms with E-state index in [4.69, 9.17) is 16.3 Å². The molecule has 5 nitrogen and oxygen atoms in total. The molecule has 2 aromatic carbocycles. The SMILES string of the molecule is CCCl.Cc1ccn(CC2CC(c3ccccc3)(c3ccccc3)C(=O)O2)n1.O. The van der Waals surface area contributed by atoms with Crippen LogP contribution in [0.5, 0.6) is 0 Å². The van der Waals surface area contributed by atoms with E-state index in [9.17, 15) is 4.79 Å². The molecule has 2 N–H and O–H groups in total. The van der Waals surface area contributed by atoms with Gasteiger partial charge in [-0.1, -0.05) is 67.6 Å². The van der Waals surface area contributed by atoms with Gasteiger partial charge in [-0.3, -0.25) is 9.48 Å². The lowest BCUT2D eigenvalue weighted by molar-refractivity contribution is -0.145. The zero-order valence-electron chi connectivity index (χ0n) is 16.7. The number of cyclic esters (lactones) is 1. The first-order valence-corrected chi connectivity index (χ1v) is 10.0. The molecule has 1 atom stereocenters. The molecule has 4 rings (SSSR count). The molecule has 0 amide bonds. The van der Waals surface area contributed by atoms with Crippen molar-refractivity contribution in [2.24, 2.45) is 0 Å². The summed E-state index contributed by atoms with van der Waals surface area (Å²) in [7, 11) is 0. The number of hydrogen-bond donors (Lipinski definition) is 0. The third-order valence-corrected chi connectivity index (χ3v) is 4.85. The van der Waals surface area contributed by atoms with Gasteiger partial charge >= 0.3 is 5.97 Å². The van der Waals surface area contributed by atoms with E-state index < -0.39 is 5.41 Å². The Kier molecular flexibility index (Phi) is 8.00. The molecule has 3 aromatic rings. The Morgan fingerprint density at radius 2 is 1.59 bits per heavy atom. The maximum absolute atomic E-state index is 13.1. The quantitative estimate of drug-likeness (QED) is 0.479. The van der Waals surface area contributed by atoms with Crippen molar-refractivity contribution in [3.05, 3.63) is 89.7 Å². The summed E-state index contributed by atoms with van der Waals surface area (Å²) in [4.78, 5) is 13.1. The fraction of sp³-hybridized carbons (Fsp3) is 0.304. The second kappa shape index (κ2) is 10.2. The highest BCUT2D eigenvalue weighted by Gasteiger charge is 2.51. The Balaban J connectivity index is 0.000000708. The van der Waals surface area contributed by atoms with Gasteiger partial charge in [-0.15, -0.1) is 11.6 Å². The van der Waals surface area contributed by atoms with Crippen molar-refractivity contribution in [3.63, 3.8) is 0 Å². The van der Waals surface area contributed by atoms with Crippen LogP contribution in [0.1, 0.15) is 30.2 Å². The monoisotopic (exact) mass is 414 g/mol. The maximum atomic E-state index is 13.1. The van der Waals surface area contributed by atoms with Crippen LogP contribution in [0.2, 0.25) is 0 Å². The zero-order chi connectivity index (χ0) is 20.0. The lowest BCUT2D eigenvalue weighted by atomic mass is 9.72. The molecule has 0 spiro atoms. The average Bonchev–Trinajstić information content (AvgIpc) is 3.27. The lowest BCUT2D eigenvalue weighted by Crippen LogP contribution is -2.33. The van der Waals surface area contributed by atoms with Gasteiger partial charge < -0.3 is 10.2 Å². The van der Waals surface area contributed by atoms with Crippen LogP contribution in [0.15, 0.2) is 72.9 Å². The molecule has 1 saturated heterocycles. The molecule has 1 unspecified atom stereocenters. The molecule has 2 heterocycles. The number of nitrogens with zero attached hydrogens (tertiary/aromatic N) is 2. The first-order chi connectivity index (χ1) is 13.6. The number of ether oxygens (including phenoxy) is 1. The summed E-state index contributed by atoms with van der Waals surface area (Å²) in [6.45, 7) is 4.41. The highest BCUT2D eigenvalue weighted by molar-refractivity contribution is 6.17. The summed E-state index contributed by atoms with van der Waals surface area (Å²) in [5, 5.41) is 4.42. The largest absolute Gasteiger partial charge is 0.459 e. The predicted octanol–water partition coefficient (Wildman–Crippen LogP) is 3.91. The first-order valence-electron chi connectivity index (χ1n) is 9.48. The average molecular weight is 415 g/mol. The van der Waals surface area contributed by atoms with Crippen molar-refractivity contribution < 1.29 is 15.0 Å². The predicted molar refractivity (Wildman–Crippen MR) is 115 cm³/mol. The molecule has 0 bridgehead atoms. The molecule has 29 heavy (non-hydrogen) atoms. The number of benzene rings is 2. The number of halogens is 1. The summed E-state index contributed by atoms with van der Waals surface area (Å²) < 4.78 is 7.65. The summed E-state index contributed by atoms with van der Waals surface area (Å²) in [5.74, 6) is 0.541. The van der Waals surface area contributed by atoms with Crippen molar-refractivity contribution in [1.29, 1.82) is 0 Å². The number of rotatable bonds is 4. The second-order valence-electron chi connectivity index (χ2n) is 6.82. The van der Waals surface area contributed by atoms with Gasteiger partial charge in [0.25, 0.3) is 0 Å². The van der Waals surface area contributed by atoms with Gasteiger partial charge in [-0.25, -0.2) is 0 Å². The molecule has 1 aliphatic heterocycles. The van der Waals surface area contributed by atoms with Crippen molar-refractivity contribution in [3.8, 4) is 0 Å². The van der Waals surface area contributed by atoms with Crippen LogP contribution >= 0.6 is 11.6 Å². The van der Waals surface area contributed by atoms with Gasteiger partial charge in [0, 0.05) is 18.5 Å².